The maximum atomic E-state index is 5.42. The normalized spacial score (nSPS) is 21.5. The first-order chi connectivity index (χ1) is 8.31. The quantitative estimate of drug-likeness (QED) is 0.756. The first kappa shape index (κ1) is 12.7. The van der Waals surface area contributed by atoms with Crippen molar-refractivity contribution in [3.63, 3.8) is 0 Å². The summed E-state index contributed by atoms with van der Waals surface area (Å²) >= 11 is 0. The Balaban J connectivity index is 1.79. The molecule has 0 radical (unpaired) electrons. The van der Waals surface area contributed by atoms with Gasteiger partial charge in [-0.3, -0.25) is 4.90 Å². The van der Waals surface area contributed by atoms with E-state index in [0.29, 0.717) is 0 Å². The van der Waals surface area contributed by atoms with E-state index in [1.54, 1.807) is 6.26 Å². The Hall–Kier alpha value is -0.800. The molecule has 0 saturated carbocycles. The number of likely N-dealkylation sites (tertiary alicyclic amines) is 1. The number of rotatable bonds is 6. The van der Waals surface area contributed by atoms with Gasteiger partial charge in [-0.15, -0.1) is 0 Å². The average Bonchev–Trinajstić information content (AvgIpc) is 2.99. The van der Waals surface area contributed by atoms with Crippen LogP contribution in [0.2, 0.25) is 0 Å². The van der Waals surface area contributed by atoms with Crippen molar-refractivity contribution in [1.82, 2.24) is 9.80 Å². The summed E-state index contributed by atoms with van der Waals surface area (Å²) in [7, 11) is 0. The van der Waals surface area contributed by atoms with Gasteiger partial charge in [0.2, 0.25) is 0 Å². The van der Waals surface area contributed by atoms with Gasteiger partial charge in [-0.05, 0) is 44.1 Å². The fraction of sp³-hybridized carbons (Fsp3) is 0.714. The van der Waals surface area contributed by atoms with Gasteiger partial charge >= 0.3 is 0 Å². The lowest BCUT2D eigenvalue weighted by Gasteiger charge is -2.23. The summed E-state index contributed by atoms with van der Waals surface area (Å²) in [6, 6.07) is 4.03. The van der Waals surface area contributed by atoms with E-state index in [9.17, 15) is 0 Å². The molecule has 1 aliphatic heterocycles. The number of hydrogen-bond donors (Lipinski definition) is 0. The molecule has 96 valence electrons. The fourth-order valence-electron chi connectivity index (χ4n) is 2.64. The molecular formula is C14H24N2O. The zero-order valence-corrected chi connectivity index (χ0v) is 11.1. The van der Waals surface area contributed by atoms with E-state index >= 15 is 0 Å². The third-order valence-electron chi connectivity index (χ3n) is 3.74. The molecule has 1 aromatic heterocycles. The van der Waals surface area contributed by atoms with Crippen LogP contribution >= 0.6 is 0 Å². The molecule has 3 nitrogen and oxygen atoms in total. The highest BCUT2D eigenvalue weighted by atomic mass is 16.3. The predicted molar refractivity (Wildman–Crippen MR) is 69.9 cm³/mol. The summed E-state index contributed by atoms with van der Waals surface area (Å²) in [6.45, 7) is 11.5. The molecule has 0 N–H and O–H groups in total. The summed E-state index contributed by atoms with van der Waals surface area (Å²) in [4.78, 5) is 5.04. The van der Waals surface area contributed by atoms with Gasteiger partial charge in [-0.1, -0.05) is 13.8 Å². The van der Waals surface area contributed by atoms with E-state index in [0.717, 1.165) is 24.8 Å². The largest absolute Gasteiger partial charge is 0.468 e. The summed E-state index contributed by atoms with van der Waals surface area (Å²) in [5, 5.41) is 0. The third kappa shape index (κ3) is 3.58. The summed E-state index contributed by atoms with van der Waals surface area (Å²) in [5.74, 6) is 1.92. The molecule has 2 heterocycles. The first-order valence-electron chi connectivity index (χ1n) is 6.79. The van der Waals surface area contributed by atoms with Gasteiger partial charge in [0.1, 0.15) is 5.76 Å². The molecule has 1 saturated heterocycles. The Kier molecular flexibility index (Phi) is 4.63. The van der Waals surface area contributed by atoms with E-state index in [1.807, 2.05) is 6.07 Å². The first-order valence-corrected chi connectivity index (χ1v) is 6.79. The number of nitrogens with zero attached hydrogens (tertiary/aromatic N) is 2. The molecule has 1 fully saturated rings. The Labute approximate surface area is 104 Å². The molecule has 3 heteroatoms. The van der Waals surface area contributed by atoms with Crippen molar-refractivity contribution >= 4 is 0 Å². The maximum absolute atomic E-state index is 5.42. The van der Waals surface area contributed by atoms with Crippen LogP contribution in [0.4, 0.5) is 0 Å². The van der Waals surface area contributed by atoms with Crippen LogP contribution in [0, 0.1) is 5.92 Å². The molecule has 1 aromatic rings. The van der Waals surface area contributed by atoms with Gasteiger partial charge in [0.15, 0.2) is 0 Å². The highest BCUT2D eigenvalue weighted by Gasteiger charge is 2.23. The van der Waals surface area contributed by atoms with Crippen LogP contribution in [-0.2, 0) is 6.54 Å². The van der Waals surface area contributed by atoms with Gasteiger partial charge in [0.05, 0.1) is 12.8 Å². The lowest BCUT2D eigenvalue weighted by Crippen LogP contribution is -2.30. The molecule has 17 heavy (non-hydrogen) atoms. The Bertz CT molecular complexity index is 310. The van der Waals surface area contributed by atoms with Crippen molar-refractivity contribution in [1.29, 1.82) is 0 Å². The minimum Gasteiger partial charge on any atom is -0.468 e. The summed E-state index contributed by atoms with van der Waals surface area (Å²) in [5.41, 5.74) is 0. The van der Waals surface area contributed by atoms with Crippen LogP contribution in [0.25, 0.3) is 0 Å². The highest BCUT2D eigenvalue weighted by molar-refractivity contribution is 4.98. The van der Waals surface area contributed by atoms with Gasteiger partial charge in [-0.2, -0.15) is 0 Å². The lowest BCUT2D eigenvalue weighted by atomic mass is 10.1. The molecule has 0 amide bonds. The topological polar surface area (TPSA) is 19.6 Å². The van der Waals surface area contributed by atoms with Gasteiger partial charge < -0.3 is 9.32 Å². The lowest BCUT2D eigenvalue weighted by molar-refractivity contribution is 0.214. The van der Waals surface area contributed by atoms with Crippen LogP contribution in [0.15, 0.2) is 22.8 Å². The number of furan rings is 1. The molecule has 1 atom stereocenters. The van der Waals surface area contributed by atoms with Crippen LogP contribution in [0.5, 0.6) is 0 Å². The third-order valence-corrected chi connectivity index (χ3v) is 3.74. The molecular weight excluding hydrogens is 212 g/mol. The van der Waals surface area contributed by atoms with E-state index in [4.69, 9.17) is 4.42 Å². The zero-order chi connectivity index (χ0) is 12.1. The van der Waals surface area contributed by atoms with Gasteiger partial charge in [0.25, 0.3) is 0 Å². The Morgan fingerprint density at radius 3 is 2.94 bits per heavy atom. The van der Waals surface area contributed by atoms with E-state index in [-0.39, 0.29) is 0 Å². The van der Waals surface area contributed by atoms with Crippen LogP contribution < -0.4 is 0 Å². The fourth-order valence-corrected chi connectivity index (χ4v) is 2.64. The van der Waals surface area contributed by atoms with Crippen molar-refractivity contribution in [2.24, 2.45) is 5.92 Å². The maximum Gasteiger partial charge on any atom is 0.117 e. The monoisotopic (exact) mass is 236 g/mol. The smallest absolute Gasteiger partial charge is 0.117 e. The molecule has 1 unspecified atom stereocenters. The molecule has 0 spiro atoms. The highest BCUT2D eigenvalue weighted by Crippen LogP contribution is 2.18. The van der Waals surface area contributed by atoms with Crippen molar-refractivity contribution in [2.45, 2.75) is 26.8 Å². The van der Waals surface area contributed by atoms with Gasteiger partial charge in [0, 0.05) is 13.1 Å². The number of hydrogen-bond acceptors (Lipinski definition) is 3. The molecule has 0 aliphatic carbocycles. The van der Waals surface area contributed by atoms with Crippen LogP contribution in [0.3, 0.4) is 0 Å². The predicted octanol–water partition coefficient (Wildman–Crippen LogP) is 2.44. The molecule has 2 rings (SSSR count). The second-order valence-corrected chi connectivity index (χ2v) is 4.96. The van der Waals surface area contributed by atoms with E-state index in [2.05, 4.69) is 29.7 Å². The SMILES string of the molecule is CCN1CCC(CN(CC)Cc2ccco2)C1. The molecule has 0 bridgehead atoms. The van der Waals surface area contributed by atoms with Crippen molar-refractivity contribution in [2.75, 3.05) is 32.7 Å². The Morgan fingerprint density at radius 2 is 2.35 bits per heavy atom. The minimum atomic E-state index is 0.838. The minimum absolute atomic E-state index is 0.838. The van der Waals surface area contributed by atoms with Crippen LogP contribution in [-0.4, -0.2) is 42.5 Å². The Morgan fingerprint density at radius 1 is 1.47 bits per heavy atom. The molecule has 1 aliphatic rings. The average molecular weight is 236 g/mol. The van der Waals surface area contributed by atoms with Crippen molar-refractivity contribution in [3.05, 3.63) is 24.2 Å². The van der Waals surface area contributed by atoms with Crippen molar-refractivity contribution < 1.29 is 4.42 Å². The van der Waals surface area contributed by atoms with Crippen LogP contribution in [0.1, 0.15) is 26.0 Å². The van der Waals surface area contributed by atoms with Crippen molar-refractivity contribution in [3.8, 4) is 0 Å². The second-order valence-electron chi connectivity index (χ2n) is 4.96. The second kappa shape index (κ2) is 6.22. The van der Waals surface area contributed by atoms with Gasteiger partial charge in [-0.25, -0.2) is 0 Å². The zero-order valence-electron chi connectivity index (χ0n) is 11.1. The molecule has 0 aromatic carbocycles. The standard InChI is InChI=1S/C14H24N2O/c1-3-15-8-7-13(10-15)11-16(4-2)12-14-6-5-9-17-14/h5-6,9,13H,3-4,7-8,10-12H2,1-2H3. The van der Waals surface area contributed by atoms with E-state index < -0.39 is 0 Å². The summed E-state index contributed by atoms with van der Waals surface area (Å²) < 4.78 is 5.42. The summed E-state index contributed by atoms with van der Waals surface area (Å²) in [6.07, 6.45) is 3.11. The van der Waals surface area contributed by atoms with E-state index in [1.165, 1.54) is 32.6 Å².